The fourth-order valence-electron chi connectivity index (χ4n) is 1.32. The fraction of sp³-hybridized carbons (Fsp3) is 0.778. The van der Waals surface area contributed by atoms with Gasteiger partial charge in [-0.3, -0.25) is 0 Å². The Morgan fingerprint density at radius 1 is 1.30 bits per heavy atom. The van der Waals surface area contributed by atoms with Crippen LogP contribution in [0, 0.1) is 11.3 Å². The minimum atomic E-state index is -0.191. The lowest BCUT2D eigenvalue weighted by atomic mass is 9.80. The second-order valence-electron chi connectivity index (χ2n) is 4.16. The third-order valence-corrected chi connectivity index (χ3v) is 2.17. The Labute approximate surface area is 62.8 Å². The highest BCUT2D eigenvalue weighted by Crippen LogP contribution is 2.34. The highest BCUT2D eigenvalue weighted by atomic mass is 16.3. The molecule has 0 aromatic carbocycles. The number of aliphatic hydroxyl groups is 1. The molecule has 0 aromatic rings. The predicted molar refractivity (Wildman–Crippen MR) is 42.7 cm³/mol. The molecule has 0 aliphatic heterocycles. The molecule has 10 heavy (non-hydrogen) atoms. The Hall–Kier alpha value is -0.300. The Morgan fingerprint density at radius 2 is 1.90 bits per heavy atom. The van der Waals surface area contributed by atoms with Crippen molar-refractivity contribution in [2.75, 3.05) is 0 Å². The van der Waals surface area contributed by atoms with Crippen LogP contribution in [0.15, 0.2) is 12.2 Å². The highest BCUT2D eigenvalue weighted by molar-refractivity contribution is 5.05. The van der Waals surface area contributed by atoms with Crippen molar-refractivity contribution in [1.82, 2.24) is 0 Å². The molecule has 0 aromatic heterocycles. The molecular weight excluding hydrogens is 124 g/mol. The summed E-state index contributed by atoms with van der Waals surface area (Å²) in [6, 6.07) is 0. The van der Waals surface area contributed by atoms with Gasteiger partial charge in [-0.25, -0.2) is 0 Å². The Morgan fingerprint density at radius 3 is 2.10 bits per heavy atom. The standard InChI is InChI=1S/C9H16O/c1-9(2,3)7-4-5-8(10)6-7/h4-5,7-8,10H,6H2,1-3H3/t7-,8-/m1/s1. The van der Waals surface area contributed by atoms with Gasteiger partial charge in [0.05, 0.1) is 6.10 Å². The van der Waals surface area contributed by atoms with Crippen molar-refractivity contribution in [2.45, 2.75) is 33.3 Å². The zero-order valence-electron chi connectivity index (χ0n) is 6.96. The van der Waals surface area contributed by atoms with Crippen molar-refractivity contribution < 1.29 is 5.11 Å². The largest absolute Gasteiger partial charge is 0.389 e. The van der Waals surface area contributed by atoms with E-state index in [4.69, 9.17) is 0 Å². The van der Waals surface area contributed by atoms with Crippen LogP contribution in [-0.4, -0.2) is 11.2 Å². The van der Waals surface area contributed by atoms with Crippen LogP contribution in [0.1, 0.15) is 27.2 Å². The van der Waals surface area contributed by atoms with Gasteiger partial charge in [0.25, 0.3) is 0 Å². The maximum Gasteiger partial charge on any atom is 0.0726 e. The van der Waals surface area contributed by atoms with Gasteiger partial charge in [0, 0.05) is 0 Å². The Bertz CT molecular complexity index is 141. The summed E-state index contributed by atoms with van der Waals surface area (Å²) in [5.74, 6) is 0.558. The zero-order valence-corrected chi connectivity index (χ0v) is 6.96. The molecule has 1 nitrogen and oxygen atoms in total. The van der Waals surface area contributed by atoms with Crippen LogP contribution in [0.5, 0.6) is 0 Å². The first kappa shape index (κ1) is 7.80. The first-order valence-corrected chi connectivity index (χ1v) is 3.86. The summed E-state index contributed by atoms with van der Waals surface area (Å²) in [4.78, 5) is 0. The quantitative estimate of drug-likeness (QED) is 0.510. The maximum absolute atomic E-state index is 9.18. The summed E-state index contributed by atoms with van der Waals surface area (Å²) in [5, 5.41) is 9.18. The van der Waals surface area contributed by atoms with Gasteiger partial charge in [0.2, 0.25) is 0 Å². The van der Waals surface area contributed by atoms with Crippen molar-refractivity contribution in [3.05, 3.63) is 12.2 Å². The number of hydrogen-bond donors (Lipinski definition) is 1. The van der Waals surface area contributed by atoms with E-state index in [1.54, 1.807) is 0 Å². The van der Waals surface area contributed by atoms with Crippen LogP contribution in [0.2, 0.25) is 0 Å². The highest BCUT2D eigenvalue weighted by Gasteiger charge is 2.27. The SMILES string of the molecule is CC(C)(C)[C@@H]1C=C[C@@H](O)C1. The number of hydrogen-bond acceptors (Lipinski definition) is 1. The minimum absolute atomic E-state index is 0.191. The molecule has 1 aliphatic rings. The van der Waals surface area contributed by atoms with Crippen LogP contribution >= 0.6 is 0 Å². The van der Waals surface area contributed by atoms with Gasteiger partial charge in [-0.15, -0.1) is 0 Å². The van der Waals surface area contributed by atoms with Crippen molar-refractivity contribution >= 4 is 0 Å². The van der Waals surface area contributed by atoms with E-state index in [2.05, 4.69) is 26.8 Å². The molecule has 0 heterocycles. The maximum atomic E-state index is 9.18. The second-order valence-corrected chi connectivity index (χ2v) is 4.16. The van der Waals surface area contributed by atoms with Crippen molar-refractivity contribution in [1.29, 1.82) is 0 Å². The normalized spacial score (nSPS) is 33.2. The van der Waals surface area contributed by atoms with Crippen LogP contribution in [-0.2, 0) is 0 Å². The minimum Gasteiger partial charge on any atom is -0.389 e. The molecule has 1 N–H and O–H groups in total. The van der Waals surface area contributed by atoms with Crippen LogP contribution < -0.4 is 0 Å². The molecule has 0 saturated carbocycles. The third kappa shape index (κ3) is 1.60. The van der Waals surface area contributed by atoms with E-state index >= 15 is 0 Å². The lowest BCUT2D eigenvalue weighted by molar-refractivity contribution is 0.175. The van der Waals surface area contributed by atoms with Crippen molar-refractivity contribution in [3.63, 3.8) is 0 Å². The molecule has 2 atom stereocenters. The van der Waals surface area contributed by atoms with Crippen molar-refractivity contribution in [3.8, 4) is 0 Å². The van der Waals surface area contributed by atoms with E-state index in [1.165, 1.54) is 0 Å². The van der Waals surface area contributed by atoms with E-state index in [1.807, 2.05) is 6.08 Å². The van der Waals surface area contributed by atoms with Crippen LogP contribution in [0.4, 0.5) is 0 Å². The molecule has 0 fully saturated rings. The predicted octanol–water partition coefficient (Wildman–Crippen LogP) is 1.97. The van der Waals surface area contributed by atoms with Gasteiger partial charge in [-0.2, -0.15) is 0 Å². The van der Waals surface area contributed by atoms with Crippen LogP contribution in [0.25, 0.3) is 0 Å². The smallest absolute Gasteiger partial charge is 0.0726 e. The molecule has 0 bridgehead atoms. The molecule has 1 aliphatic carbocycles. The molecule has 0 unspecified atom stereocenters. The summed E-state index contributed by atoms with van der Waals surface area (Å²) in [6.07, 6.45) is 4.74. The molecule has 0 saturated heterocycles. The zero-order chi connectivity index (χ0) is 7.78. The molecule has 0 amide bonds. The number of rotatable bonds is 0. The van der Waals surface area contributed by atoms with Gasteiger partial charge in [0.15, 0.2) is 0 Å². The fourth-order valence-corrected chi connectivity index (χ4v) is 1.32. The number of allylic oxidation sites excluding steroid dienone is 1. The Kier molecular flexibility index (Phi) is 1.86. The third-order valence-electron chi connectivity index (χ3n) is 2.17. The molecule has 58 valence electrons. The summed E-state index contributed by atoms with van der Waals surface area (Å²) in [6.45, 7) is 6.63. The van der Waals surface area contributed by atoms with E-state index in [9.17, 15) is 5.11 Å². The molecule has 1 rings (SSSR count). The average molecular weight is 140 g/mol. The lowest BCUT2D eigenvalue weighted by Crippen LogP contribution is -2.18. The number of aliphatic hydroxyl groups excluding tert-OH is 1. The first-order valence-electron chi connectivity index (χ1n) is 3.86. The summed E-state index contributed by atoms with van der Waals surface area (Å²) >= 11 is 0. The molecule has 1 heteroatoms. The molecular formula is C9H16O. The Balaban J connectivity index is 2.55. The lowest BCUT2D eigenvalue weighted by Gasteiger charge is -2.25. The molecule has 0 spiro atoms. The van der Waals surface area contributed by atoms with E-state index in [0.29, 0.717) is 11.3 Å². The topological polar surface area (TPSA) is 20.2 Å². The van der Waals surface area contributed by atoms with Crippen LogP contribution in [0.3, 0.4) is 0 Å². The monoisotopic (exact) mass is 140 g/mol. The summed E-state index contributed by atoms with van der Waals surface area (Å²) < 4.78 is 0. The van der Waals surface area contributed by atoms with E-state index < -0.39 is 0 Å². The van der Waals surface area contributed by atoms with E-state index in [-0.39, 0.29) is 6.10 Å². The van der Waals surface area contributed by atoms with Gasteiger partial charge >= 0.3 is 0 Å². The average Bonchev–Trinajstić information content (AvgIpc) is 2.11. The van der Waals surface area contributed by atoms with Crippen molar-refractivity contribution in [2.24, 2.45) is 11.3 Å². The van der Waals surface area contributed by atoms with Gasteiger partial charge in [-0.1, -0.05) is 32.9 Å². The van der Waals surface area contributed by atoms with Gasteiger partial charge in [0.1, 0.15) is 0 Å². The first-order chi connectivity index (χ1) is 4.50. The van der Waals surface area contributed by atoms with Gasteiger partial charge < -0.3 is 5.11 Å². The van der Waals surface area contributed by atoms with Gasteiger partial charge in [-0.05, 0) is 17.8 Å². The van der Waals surface area contributed by atoms with E-state index in [0.717, 1.165) is 6.42 Å². The molecule has 0 radical (unpaired) electrons. The second kappa shape index (κ2) is 2.39. The summed E-state index contributed by atoms with van der Waals surface area (Å²) in [7, 11) is 0. The summed E-state index contributed by atoms with van der Waals surface area (Å²) in [5.41, 5.74) is 0.313.